The van der Waals surface area contributed by atoms with Crippen molar-refractivity contribution in [1.82, 2.24) is 10.2 Å². The topological polar surface area (TPSA) is 97.1 Å². The summed E-state index contributed by atoms with van der Waals surface area (Å²) in [5, 5.41) is 13.9. The highest BCUT2D eigenvalue weighted by Crippen LogP contribution is 2.25. The van der Waals surface area contributed by atoms with E-state index in [1.807, 2.05) is 32.0 Å². The van der Waals surface area contributed by atoms with Crippen LogP contribution >= 0.6 is 11.8 Å². The number of hydrogen-bond donors (Lipinski definition) is 2. The molecule has 7 nitrogen and oxygen atoms in total. The third kappa shape index (κ3) is 5.20. The minimum Gasteiger partial charge on any atom is -0.411 e. The summed E-state index contributed by atoms with van der Waals surface area (Å²) in [6.45, 7) is 5.36. The Morgan fingerprint density at radius 2 is 1.89 bits per heavy atom. The van der Waals surface area contributed by atoms with Crippen molar-refractivity contribution in [2.24, 2.45) is 0 Å². The first-order chi connectivity index (χ1) is 13.4. The highest BCUT2D eigenvalue weighted by molar-refractivity contribution is 7.99. The van der Waals surface area contributed by atoms with Gasteiger partial charge in [0, 0.05) is 23.9 Å². The molecule has 2 amide bonds. The molecule has 3 aromatic rings. The molecule has 28 heavy (non-hydrogen) atoms. The number of carbonyl (C=O) groups excluding carboxylic acids is 2. The number of thioether (sulfide) groups is 1. The summed E-state index contributed by atoms with van der Waals surface area (Å²) >= 11 is 1.17. The molecule has 0 fully saturated rings. The second-order valence-electron chi connectivity index (χ2n) is 6.29. The molecule has 0 aliphatic carbocycles. The molecule has 0 spiro atoms. The highest BCUT2D eigenvalue weighted by Gasteiger charge is 2.12. The normalized spacial score (nSPS) is 10.5. The third-order valence-corrected chi connectivity index (χ3v) is 4.65. The van der Waals surface area contributed by atoms with E-state index < -0.39 is 0 Å². The lowest BCUT2D eigenvalue weighted by Gasteiger charge is -2.08. The first kappa shape index (κ1) is 19.6. The van der Waals surface area contributed by atoms with Crippen LogP contribution in [0, 0.1) is 13.8 Å². The van der Waals surface area contributed by atoms with E-state index in [0.717, 1.165) is 16.8 Å². The maximum absolute atomic E-state index is 12.2. The number of hydrogen-bond acceptors (Lipinski definition) is 6. The van der Waals surface area contributed by atoms with Gasteiger partial charge in [0.25, 0.3) is 5.22 Å². The van der Waals surface area contributed by atoms with Gasteiger partial charge in [0.2, 0.25) is 17.7 Å². The van der Waals surface area contributed by atoms with Crippen LogP contribution < -0.4 is 10.6 Å². The number of aryl methyl sites for hydroxylation is 2. The number of anilines is 2. The van der Waals surface area contributed by atoms with Crippen LogP contribution in [0.2, 0.25) is 0 Å². The van der Waals surface area contributed by atoms with Gasteiger partial charge in [-0.1, -0.05) is 30.0 Å². The van der Waals surface area contributed by atoms with Gasteiger partial charge in [-0.05, 0) is 49.2 Å². The predicted molar refractivity (Wildman–Crippen MR) is 109 cm³/mol. The maximum atomic E-state index is 12.2. The number of aromatic nitrogens is 2. The third-order valence-electron chi connectivity index (χ3n) is 3.83. The van der Waals surface area contributed by atoms with E-state index >= 15 is 0 Å². The van der Waals surface area contributed by atoms with Gasteiger partial charge >= 0.3 is 0 Å². The van der Waals surface area contributed by atoms with Crippen LogP contribution in [0.15, 0.2) is 52.1 Å². The molecule has 3 rings (SSSR count). The summed E-state index contributed by atoms with van der Waals surface area (Å²) < 4.78 is 5.62. The molecular weight excluding hydrogens is 376 g/mol. The molecule has 0 radical (unpaired) electrons. The largest absolute Gasteiger partial charge is 0.411 e. The Hall–Kier alpha value is -3.13. The summed E-state index contributed by atoms with van der Waals surface area (Å²) in [6.07, 6.45) is 0. The van der Waals surface area contributed by atoms with Crippen LogP contribution in [-0.2, 0) is 9.59 Å². The minimum absolute atomic E-state index is 0.147. The van der Waals surface area contributed by atoms with E-state index in [1.54, 1.807) is 24.3 Å². The molecule has 0 saturated heterocycles. The van der Waals surface area contributed by atoms with Crippen LogP contribution in [0.3, 0.4) is 0 Å². The number of nitrogens with one attached hydrogen (secondary N) is 2. The molecule has 0 unspecified atom stereocenters. The van der Waals surface area contributed by atoms with E-state index in [2.05, 4.69) is 20.8 Å². The van der Waals surface area contributed by atoms with Crippen molar-refractivity contribution in [3.8, 4) is 11.5 Å². The lowest BCUT2D eigenvalue weighted by Crippen LogP contribution is -2.14. The molecule has 1 aromatic heterocycles. The van der Waals surface area contributed by atoms with Gasteiger partial charge in [0.1, 0.15) is 0 Å². The van der Waals surface area contributed by atoms with Crippen molar-refractivity contribution in [3.05, 3.63) is 53.6 Å². The Balaban J connectivity index is 1.61. The van der Waals surface area contributed by atoms with E-state index in [-0.39, 0.29) is 17.6 Å². The second kappa shape index (κ2) is 8.71. The van der Waals surface area contributed by atoms with Crippen molar-refractivity contribution < 1.29 is 14.0 Å². The van der Waals surface area contributed by atoms with E-state index in [9.17, 15) is 9.59 Å². The molecule has 0 aliphatic heterocycles. The Kier molecular flexibility index (Phi) is 6.10. The first-order valence-electron chi connectivity index (χ1n) is 8.62. The van der Waals surface area contributed by atoms with Gasteiger partial charge in [0.05, 0.1) is 5.75 Å². The Morgan fingerprint density at radius 1 is 1.07 bits per heavy atom. The zero-order chi connectivity index (χ0) is 20.1. The summed E-state index contributed by atoms with van der Waals surface area (Å²) in [4.78, 5) is 23.4. The van der Waals surface area contributed by atoms with Crippen LogP contribution in [0.4, 0.5) is 11.4 Å². The molecule has 0 bridgehead atoms. The van der Waals surface area contributed by atoms with Gasteiger partial charge in [-0.2, -0.15) is 0 Å². The molecule has 1 heterocycles. The quantitative estimate of drug-likeness (QED) is 0.610. The second-order valence-corrected chi connectivity index (χ2v) is 7.22. The zero-order valence-corrected chi connectivity index (χ0v) is 16.6. The molecule has 0 saturated carbocycles. The average Bonchev–Trinajstić information content (AvgIpc) is 3.12. The van der Waals surface area contributed by atoms with Crippen LogP contribution in [0.25, 0.3) is 11.5 Å². The molecule has 2 N–H and O–H groups in total. The fourth-order valence-corrected chi connectivity index (χ4v) is 3.07. The maximum Gasteiger partial charge on any atom is 0.277 e. The SMILES string of the molecule is CC(=O)Nc1cccc(-c2nnc(SCC(=O)Nc3cc(C)ccc3C)o2)c1. The summed E-state index contributed by atoms with van der Waals surface area (Å²) in [5.41, 5.74) is 4.21. The number of amides is 2. The summed E-state index contributed by atoms with van der Waals surface area (Å²) in [7, 11) is 0. The monoisotopic (exact) mass is 396 g/mol. The molecule has 0 atom stereocenters. The molecule has 144 valence electrons. The fraction of sp³-hybridized carbons (Fsp3) is 0.200. The first-order valence-corrected chi connectivity index (χ1v) is 9.61. The van der Waals surface area contributed by atoms with Gasteiger partial charge in [-0.3, -0.25) is 9.59 Å². The number of rotatable bonds is 6. The Bertz CT molecular complexity index is 1020. The van der Waals surface area contributed by atoms with Crippen LogP contribution in [0.1, 0.15) is 18.1 Å². The molecule has 0 aliphatic rings. The smallest absolute Gasteiger partial charge is 0.277 e. The Labute approximate surface area is 166 Å². The lowest BCUT2D eigenvalue weighted by atomic mass is 10.1. The standard InChI is InChI=1S/C20H20N4O3S/c1-12-7-8-13(2)17(9-12)22-18(26)11-28-20-24-23-19(27-20)15-5-4-6-16(10-15)21-14(3)25/h4-10H,11H2,1-3H3,(H,21,25)(H,22,26). The van der Waals surface area contributed by atoms with Crippen LogP contribution in [-0.4, -0.2) is 27.8 Å². The van der Waals surface area contributed by atoms with Crippen molar-refractivity contribution in [1.29, 1.82) is 0 Å². The van der Waals surface area contributed by atoms with Crippen molar-refractivity contribution in [2.75, 3.05) is 16.4 Å². The molecular formula is C20H20N4O3S. The highest BCUT2D eigenvalue weighted by atomic mass is 32.2. The van der Waals surface area contributed by atoms with Crippen molar-refractivity contribution >= 4 is 35.0 Å². The predicted octanol–water partition coefficient (Wildman–Crippen LogP) is 4.04. The fourth-order valence-electron chi connectivity index (χ4n) is 2.50. The van der Waals surface area contributed by atoms with E-state index in [0.29, 0.717) is 22.4 Å². The molecule has 2 aromatic carbocycles. The number of nitrogens with zero attached hydrogens (tertiary/aromatic N) is 2. The van der Waals surface area contributed by atoms with Gasteiger partial charge in [0.15, 0.2) is 0 Å². The summed E-state index contributed by atoms with van der Waals surface area (Å²) in [5.74, 6) is 0.172. The summed E-state index contributed by atoms with van der Waals surface area (Å²) in [6, 6.07) is 13.0. The number of benzene rings is 2. The molecule has 8 heteroatoms. The van der Waals surface area contributed by atoms with Gasteiger partial charge in [-0.15, -0.1) is 10.2 Å². The van der Waals surface area contributed by atoms with Crippen LogP contribution in [0.5, 0.6) is 0 Å². The van der Waals surface area contributed by atoms with Crippen molar-refractivity contribution in [2.45, 2.75) is 26.0 Å². The van der Waals surface area contributed by atoms with Gasteiger partial charge in [-0.25, -0.2) is 0 Å². The van der Waals surface area contributed by atoms with Gasteiger partial charge < -0.3 is 15.1 Å². The van der Waals surface area contributed by atoms with E-state index in [4.69, 9.17) is 4.42 Å². The minimum atomic E-state index is -0.159. The zero-order valence-electron chi connectivity index (χ0n) is 15.8. The van der Waals surface area contributed by atoms with E-state index in [1.165, 1.54) is 18.7 Å². The number of carbonyl (C=O) groups is 2. The van der Waals surface area contributed by atoms with Crippen molar-refractivity contribution in [3.63, 3.8) is 0 Å². The average molecular weight is 396 g/mol. The Morgan fingerprint density at radius 3 is 2.68 bits per heavy atom. The lowest BCUT2D eigenvalue weighted by molar-refractivity contribution is -0.114.